The summed E-state index contributed by atoms with van der Waals surface area (Å²) in [6.45, 7) is 9.79. The van der Waals surface area contributed by atoms with Crippen molar-refractivity contribution < 1.29 is 18.7 Å². The second-order valence-corrected chi connectivity index (χ2v) is 11.4. The van der Waals surface area contributed by atoms with E-state index in [0.29, 0.717) is 31.2 Å². The van der Waals surface area contributed by atoms with Crippen molar-refractivity contribution >= 4 is 23.2 Å². The van der Waals surface area contributed by atoms with Crippen molar-refractivity contribution in [3.05, 3.63) is 87.4 Å². The van der Waals surface area contributed by atoms with Crippen LogP contribution < -0.4 is 4.74 Å². The summed E-state index contributed by atoms with van der Waals surface area (Å²) in [7, 11) is 0. The van der Waals surface area contributed by atoms with Crippen molar-refractivity contribution in [3.63, 3.8) is 0 Å². The molecule has 2 atom stereocenters. The largest absolute Gasteiger partial charge is 0.491 e. The number of fused-ring (bicyclic) bond motifs is 1. The highest BCUT2D eigenvalue weighted by atomic mass is 32.1. The summed E-state index contributed by atoms with van der Waals surface area (Å²) >= 11 is 1.71. The summed E-state index contributed by atoms with van der Waals surface area (Å²) in [4.78, 5) is 31.9. The highest BCUT2D eigenvalue weighted by Gasteiger charge is 2.34. The van der Waals surface area contributed by atoms with Gasteiger partial charge in [-0.3, -0.25) is 9.59 Å². The number of rotatable bonds is 10. The molecule has 0 fully saturated rings. The van der Waals surface area contributed by atoms with Crippen molar-refractivity contribution in [1.82, 2.24) is 9.80 Å². The number of amides is 2. The Balaban J connectivity index is 1.52. The van der Waals surface area contributed by atoms with Crippen molar-refractivity contribution in [3.8, 4) is 5.75 Å². The van der Waals surface area contributed by atoms with Gasteiger partial charge < -0.3 is 14.5 Å². The average Bonchev–Trinajstić information content (AvgIpc) is 3.40. The maximum absolute atomic E-state index is 13.8. The predicted octanol–water partition coefficient (Wildman–Crippen LogP) is 6.70. The van der Waals surface area contributed by atoms with E-state index in [2.05, 4.69) is 51.3 Å². The maximum atomic E-state index is 13.8. The minimum Gasteiger partial charge on any atom is -0.491 e. The van der Waals surface area contributed by atoms with Gasteiger partial charge in [-0.05, 0) is 77.2 Å². The van der Waals surface area contributed by atoms with Crippen molar-refractivity contribution in [2.24, 2.45) is 5.92 Å². The first kappa shape index (κ1) is 27.8. The van der Waals surface area contributed by atoms with Gasteiger partial charge in [-0.25, -0.2) is 4.39 Å². The number of halogens is 1. The molecule has 1 aromatic heterocycles. The molecule has 2 aromatic carbocycles. The molecule has 7 heteroatoms. The molecule has 3 aromatic rings. The lowest BCUT2D eigenvalue weighted by molar-refractivity contribution is -0.135. The number of hydrogen-bond donors (Lipinski definition) is 0. The molecule has 0 spiro atoms. The zero-order valence-corrected chi connectivity index (χ0v) is 23.5. The zero-order chi connectivity index (χ0) is 27.2. The van der Waals surface area contributed by atoms with Gasteiger partial charge >= 0.3 is 0 Å². The number of thiophene rings is 1. The first-order chi connectivity index (χ1) is 18.3. The summed E-state index contributed by atoms with van der Waals surface area (Å²) in [5.74, 6) is 0.681. The van der Waals surface area contributed by atoms with Crippen LogP contribution in [0.15, 0.2) is 60.0 Å². The van der Waals surface area contributed by atoms with Crippen LogP contribution in [0, 0.1) is 11.7 Å². The van der Waals surface area contributed by atoms with Crippen LogP contribution >= 0.6 is 11.3 Å². The quantitative estimate of drug-likeness (QED) is 0.290. The molecule has 5 nitrogen and oxygen atoms in total. The first-order valence-electron chi connectivity index (χ1n) is 13.4. The fraction of sp³-hybridized carbons (Fsp3) is 0.419. The van der Waals surface area contributed by atoms with Crippen molar-refractivity contribution in [2.75, 3.05) is 26.2 Å². The minimum atomic E-state index is -0.396. The van der Waals surface area contributed by atoms with Crippen LogP contribution in [0.4, 0.5) is 4.39 Å². The van der Waals surface area contributed by atoms with Crippen LogP contribution in [0.3, 0.4) is 0 Å². The van der Waals surface area contributed by atoms with E-state index in [1.165, 1.54) is 34.7 Å². The van der Waals surface area contributed by atoms with Crippen LogP contribution in [-0.2, 0) is 11.2 Å². The van der Waals surface area contributed by atoms with Crippen LogP contribution in [0.2, 0.25) is 0 Å². The van der Waals surface area contributed by atoms with Gasteiger partial charge in [-0.2, -0.15) is 0 Å². The topological polar surface area (TPSA) is 49.9 Å². The monoisotopic (exact) mass is 536 g/mol. The van der Waals surface area contributed by atoms with E-state index in [1.54, 1.807) is 16.2 Å². The summed E-state index contributed by atoms with van der Waals surface area (Å²) in [5.41, 5.74) is 2.75. The van der Waals surface area contributed by atoms with Crippen molar-refractivity contribution in [1.29, 1.82) is 0 Å². The lowest BCUT2D eigenvalue weighted by Gasteiger charge is -2.37. The number of nitrogens with zero attached hydrogens (tertiary/aromatic N) is 2. The van der Waals surface area contributed by atoms with Gasteiger partial charge in [0.25, 0.3) is 5.91 Å². The minimum absolute atomic E-state index is 0.0282. The first-order valence-corrected chi connectivity index (χ1v) is 14.3. The van der Waals surface area contributed by atoms with Gasteiger partial charge in [0.05, 0.1) is 6.04 Å². The molecule has 4 rings (SSSR count). The lowest BCUT2D eigenvalue weighted by atomic mass is 10.00. The number of carbonyl (C=O) groups is 2. The zero-order valence-electron chi connectivity index (χ0n) is 22.7. The van der Waals surface area contributed by atoms with E-state index in [0.717, 1.165) is 24.2 Å². The van der Waals surface area contributed by atoms with Gasteiger partial charge in [0, 0.05) is 23.5 Å². The van der Waals surface area contributed by atoms with E-state index in [9.17, 15) is 14.0 Å². The molecule has 202 valence electrons. The maximum Gasteiger partial charge on any atom is 0.254 e. The third-order valence-electron chi connectivity index (χ3n) is 7.30. The molecule has 0 saturated carbocycles. The summed E-state index contributed by atoms with van der Waals surface area (Å²) < 4.78 is 19.7. The molecule has 0 bridgehead atoms. The number of hydrogen-bond acceptors (Lipinski definition) is 4. The summed E-state index contributed by atoms with van der Waals surface area (Å²) in [5, 5.41) is 2.07. The van der Waals surface area contributed by atoms with Gasteiger partial charge in [0.15, 0.2) is 0 Å². The second kappa shape index (κ2) is 12.6. The second-order valence-electron chi connectivity index (χ2n) is 10.4. The Bertz CT molecular complexity index is 1220. The highest BCUT2D eigenvalue weighted by Crippen LogP contribution is 2.34. The van der Waals surface area contributed by atoms with Crippen molar-refractivity contribution in [2.45, 2.75) is 52.5 Å². The fourth-order valence-electron chi connectivity index (χ4n) is 4.75. The number of carbonyl (C=O) groups excluding carboxylic acids is 2. The average molecular weight is 537 g/mol. The Hall–Kier alpha value is -3.19. The van der Waals surface area contributed by atoms with E-state index in [-0.39, 0.29) is 30.3 Å². The fourth-order valence-corrected chi connectivity index (χ4v) is 5.68. The third-order valence-corrected chi connectivity index (χ3v) is 8.30. The standard InChI is InChI=1S/C31H37FN2O3S/c1-5-22(4)18-33(31(36)24-6-10-25(32)11-7-24)19-30(35)34-16-14-29-27(15-17-38-29)28(34)20-37-26-12-8-23(9-13-26)21(2)3/h6-13,15,17,21-22,28H,5,14,16,18-20H2,1-4H3. The molecule has 0 N–H and O–H groups in total. The molecule has 2 heterocycles. The Morgan fingerprint density at radius 2 is 1.79 bits per heavy atom. The third kappa shape index (κ3) is 6.62. The van der Waals surface area contributed by atoms with Gasteiger partial charge in [-0.1, -0.05) is 46.2 Å². The smallest absolute Gasteiger partial charge is 0.254 e. The van der Waals surface area contributed by atoms with Gasteiger partial charge in [0.2, 0.25) is 5.91 Å². The van der Waals surface area contributed by atoms with E-state index in [4.69, 9.17) is 4.74 Å². The lowest BCUT2D eigenvalue weighted by Crippen LogP contribution is -2.48. The van der Waals surface area contributed by atoms with Crippen LogP contribution in [0.5, 0.6) is 5.75 Å². The molecule has 0 saturated heterocycles. The molecule has 2 unspecified atom stereocenters. The molecule has 2 amide bonds. The van der Waals surface area contributed by atoms with Gasteiger partial charge in [-0.15, -0.1) is 11.3 Å². The van der Waals surface area contributed by atoms with E-state index in [1.807, 2.05) is 17.0 Å². The number of ether oxygens (including phenoxy) is 1. The molecule has 0 radical (unpaired) electrons. The molecule has 38 heavy (non-hydrogen) atoms. The Morgan fingerprint density at radius 1 is 1.08 bits per heavy atom. The SMILES string of the molecule is CCC(C)CN(CC(=O)N1CCc2sccc2C1COc1ccc(C(C)C)cc1)C(=O)c1ccc(F)cc1. The van der Waals surface area contributed by atoms with Crippen LogP contribution in [0.1, 0.15) is 72.4 Å². The summed E-state index contributed by atoms with van der Waals surface area (Å²) in [6, 6.07) is 15.5. The Labute approximate surface area is 229 Å². The molecule has 1 aliphatic heterocycles. The van der Waals surface area contributed by atoms with Gasteiger partial charge in [0.1, 0.15) is 24.7 Å². The molecule has 1 aliphatic rings. The Kier molecular flexibility index (Phi) is 9.21. The predicted molar refractivity (Wildman–Crippen MR) is 150 cm³/mol. The van der Waals surface area contributed by atoms with E-state index < -0.39 is 5.82 Å². The molecular formula is C31H37FN2O3S. The highest BCUT2D eigenvalue weighted by molar-refractivity contribution is 7.10. The molecular weight excluding hydrogens is 499 g/mol. The van der Waals surface area contributed by atoms with E-state index >= 15 is 0 Å². The van der Waals surface area contributed by atoms with Crippen LogP contribution in [0.25, 0.3) is 0 Å². The number of benzene rings is 2. The summed E-state index contributed by atoms with van der Waals surface area (Å²) in [6.07, 6.45) is 1.67. The Morgan fingerprint density at radius 3 is 2.45 bits per heavy atom. The molecule has 0 aliphatic carbocycles. The normalized spacial score (nSPS) is 15.7. The van der Waals surface area contributed by atoms with Crippen LogP contribution in [-0.4, -0.2) is 47.9 Å².